The second-order valence-corrected chi connectivity index (χ2v) is 4.62. The fourth-order valence-corrected chi connectivity index (χ4v) is 1.41. The average Bonchev–Trinajstić information content (AvgIpc) is 2.00. The Labute approximate surface area is 86.8 Å². The maximum Gasteiger partial charge on any atom is 0.0897 e. The second kappa shape index (κ2) is 6.38. The van der Waals surface area contributed by atoms with Crippen LogP contribution in [0.2, 0.25) is 0 Å². The Balaban J connectivity index is 1.89. The minimum atomic E-state index is -0.352. The van der Waals surface area contributed by atoms with Crippen molar-refractivity contribution in [3.63, 3.8) is 0 Å². The van der Waals surface area contributed by atoms with Crippen LogP contribution >= 0.6 is 0 Å². The fourth-order valence-electron chi connectivity index (χ4n) is 1.41. The van der Waals surface area contributed by atoms with E-state index in [0.717, 1.165) is 6.61 Å². The van der Waals surface area contributed by atoms with E-state index in [9.17, 15) is 5.11 Å². The van der Waals surface area contributed by atoms with Crippen molar-refractivity contribution in [2.45, 2.75) is 45.3 Å². The third-order valence-electron chi connectivity index (χ3n) is 2.51. The highest BCUT2D eigenvalue weighted by atomic mass is 16.5. The molecule has 1 aliphatic carbocycles. The summed E-state index contributed by atoms with van der Waals surface area (Å²) < 4.78 is 5.35. The zero-order valence-electron chi connectivity index (χ0n) is 9.33. The third-order valence-corrected chi connectivity index (χ3v) is 2.51. The van der Waals surface area contributed by atoms with E-state index in [2.05, 4.69) is 19.2 Å². The van der Waals surface area contributed by atoms with Gasteiger partial charge in [0.25, 0.3) is 0 Å². The lowest BCUT2D eigenvalue weighted by Gasteiger charge is -2.27. The molecule has 3 heteroatoms. The van der Waals surface area contributed by atoms with Crippen molar-refractivity contribution in [2.75, 3.05) is 19.8 Å². The van der Waals surface area contributed by atoms with Gasteiger partial charge in [-0.15, -0.1) is 0 Å². The molecule has 2 N–H and O–H groups in total. The number of rotatable bonds is 7. The molecule has 0 heterocycles. The van der Waals surface area contributed by atoms with Crippen LogP contribution in [-0.4, -0.2) is 37.0 Å². The van der Waals surface area contributed by atoms with Gasteiger partial charge in [0, 0.05) is 19.2 Å². The molecule has 0 aromatic carbocycles. The van der Waals surface area contributed by atoms with E-state index in [0.29, 0.717) is 25.1 Å². The highest BCUT2D eigenvalue weighted by Crippen LogP contribution is 2.17. The molecule has 3 nitrogen and oxygen atoms in total. The van der Waals surface area contributed by atoms with Crippen LogP contribution in [-0.2, 0) is 4.74 Å². The first-order valence-electron chi connectivity index (χ1n) is 5.67. The van der Waals surface area contributed by atoms with Crippen LogP contribution in [0.15, 0.2) is 0 Å². The molecule has 0 amide bonds. The van der Waals surface area contributed by atoms with Crippen LogP contribution in [0.3, 0.4) is 0 Å². The standard InChI is InChI=1S/C11H23NO2/c1-9(2)7-14-8-11(13)6-12-10-4-3-5-10/h9-13H,3-8H2,1-2H3. The Hall–Kier alpha value is -0.120. The van der Waals surface area contributed by atoms with Gasteiger partial charge in [-0.2, -0.15) is 0 Å². The van der Waals surface area contributed by atoms with Crippen LogP contribution in [0.25, 0.3) is 0 Å². The Morgan fingerprint density at radius 1 is 1.36 bits per heavy atom. The van der Waals surface area contributed by atoms with Crippen molar-refractivity contribution in [1.29, 1.82) is 0 Å². The smallest absolute Gasteiger partial charge is 0.0897 e. The minimum Gasteiger partial charge on any atom is -0.389 e. The second-order valence-electron chi connectivity index (χ2n) is 4.62. The van der Waals surface area contributed by atoms with Gasteiger partial charge in [-0.1, -0.05) is 20.3 Å². The van der Waals surface area contributed by atoms with Crippen LogP contribution in [0.1, 0.15) is 33.1 Å². The van der Waals surface area contributed by atoms with Gasteiger partial charge in [-0.05, 0) is 18.8 Å². The molecule has 0 aliphatic heterocycles. The number of nitrogens with one attached hydrogen (secondary N) is 1. The summed E-state index contributed by atoms with van der Waals surface area (Å²) in [6.07, 6.45) is 3.51. The van der Waals surface area contributed by atoms with Crippen LogP contribution in [0.4, 0.5) is 0 Å². The molecule has 0 saturated heterocycles. The van der Waals surface area contributed by atoms with Crippen molar-refractivity contribution >= 4 is 0 Å². The molecular formula is C11H23NO2. The summed E-state index contributed by atoms with van der Waals surface area (Å²) in [7, 11) is 0. The van der Waals surface area contributed by atoms with E-state index < -0.39 is 0 Å². The molecule has 14 heavy (non-hydrogen) atoms. The minimum absolute atomic E-state index is 0.352. The van der Waals surface area contributed by atoms with E-state index in [4.69, 9.17) is 4.74 Å². The Kier molecular flexibility index (Phi) is 5.45. The summed E-state index contributed by atoms with van der Waals surface area (Å²) in [5.74, 6) is 0.543. The Morgan fingerprint density at radius 3 is 2.57 bits per heavy atom. The largest absolute Gasteiger partial charge is 0.389 e. The van der Waals surface area contributed by atoms with Gasteiger partial charge in [-0.25, -0.2) is 0 Å². The predicted octanol–water partition coefficient (Wildman–Crippen LogP) is 1.16. The molecule has 1 fully saturated rings. The monoisotopic (exact) mass is 201 g/mol. The highest BCUT2D eigenvalue weighted by molar-refractivity contribution is 4.77. The summed E-state index contributed by atoms with van der Waals surface area (Å²) in [6, 6.07) is 0.648. The van der Waals surface area contributed by atoms with E-state index in [1.807, 2.05) is 0 Å². The average molecular weight is 201 g/mol. The molecular weight excluding hydrogens is 178 g/mol. The Morgan fingerprint density at radius 2 is 2.07 bits per heavy atom. The molecule has 1 saturated carbocycles. The molecule has 1 aliphatic rings. The van der Waals surface area contributed by atoms with E-state index in [1.54, 1.807) is 0 Å². The molecule has 0 bridgehead atoms. The number of hydrogen-bond acceptors (Lipinski definition) is 3. The third kappa shape index (κ3) is 4.94. The molecule has 0 aromatic rings. The first-order valence-corrected chi connectivity index (χ1v) is 5.67. The van der Waals surface area contributed by atoms with Crippen molar-refractivity contribution in [3.8, 4) is 0 Å². The topological polar surface area (TPSA) is 41.5 Å². The van der Waals surface area contributed by atoms with Gasteiger partial charge >= 0.3 is 0 Å². The molecule has 1 atom stereocenters. The number of aliphatic hydroxyl groups is 1. The van der Waals surface area contributed by atoms with Gasteiger partial charge in [0.15, 0.2) is 0 Å². The zero-order valence-corrected chi connectivity index (χ0v) is 9.33. The first kappa shape index (κ1) is 12.0. The maximum atomic E-state index is 9.54. The van der Waals surface area contributed by atoms with Gasteiger partial charge in [0.1, 0.15) is 0 Å². The van der Waals surface area contributed by atoms with E-state index in [1.165, 1.54) is 19.3 Å². The summed E-state index contributed by atoms with van der Waals surface area (Å²) in [5, 5.41) is 12.9. The lowest BCUT2D eigenvalue weighted by Crippen LogP contribution is -2.41. The number of hydrogen-bond donors (Lipinski definition) is 2. The van der Waals surface area contributed by atoms with Crippen LogP contribution in [0, 0.1) is 5.92 Å². The van der Waals surface area contributed by atoms with Crippen molar-refractivity contribution in [1.82, 2.24) is 5.32 Å². The lowest BCUT2D eigenvalue weighted by atomic mass is 9.93. The number of aliphatic hydroxyl groups excluding tert-OH is 1. The maximum absolute atomic E-state index is 9.54. The molecule has 0 spiro atoms. The summed E-state index contributed by atoms with van der Waals surface area (Å²) in [4.78, 5) is 0. The molecule has 1 unspecified atom stereocenters. The van der Waals surface area contributed by atoms with Crippen molar-refractivity contribution in [3.05, 3.63) is 0 Å². The van der Waals surface area contributed by atoms with Gasteiger partial charge in [0.2, 0.25) is 0 Å². The Bertz CT molecular complexity index is 146. The summed E-state index contributed by atoms with van der Waals surface area (Å²) in [5.41, 5.74) is 0. The lowest BCUT2D eigenvalue weighted by molar-refractivity contribution is 0.0237. The normalized spacial score (nSPS) is 19.7. The molecule has 0 aromatic heterocycles. The fraction of sp³-hybridized carbons (Fsp3) is 1.00. The van der Waals surface area contributed by atoms with Crippen LogP contribution < -0.4 is 5.32 Å². The van der Waals surface area contributed by atoms with Gasteiger partial charge in [-0.3, -0.25) is 0 Å². The van der Waals surface area contributed by atoms with Crippen molar-refractivity contribution < 1.29 is 9.84 Å². The predicted molar refractivity (Wildman–Crippen MR) is 57.3 cm³/mol. The first-order chi connectivity index (χ1) is 6.68. The van der Waals surface area contributed by atoms with Crippen LogP contribution in [0.5, 0.6) is 0 Å². The van der Waals surface area contributed by atoms with E-state index in [-0.39, 0.29) is 6.10 Å². The van der Waals surface area contributed by atoms with Gasteiger partial charge in [0.05, 0.1) is 12.7 Å². The van der Waals surface area contributed by atoms with Gasteiger partial charge < -0.3 is 15.2 Å². The summed E-state index contributed by atoms with van der Waals surface area (Å²) >= 11 is 0. The molecule has 84 valence electrons. The SMILES string of the molecule is CC(C)COCC(O)CNC1CCC1. The molecule has 1 rings (SSSR count). The quantitative estimate of drug-likeness (QED) is 0.649. The summed E-state index contributed by atoms with van der Waals surface area (Å²) in [6.45, 7) is 6.08. The van der Waals surface area contributed by atoms with Crippen molar-refractivity contribution in [2.24, 2.45) is 5.92 Å². The highest BCUT2D eigenvalue weighted by Gasteiger charge is 2.17. The number of ether oxygens (including phenoxy) is 1. The zero-order chi connectivity index (χ0) is 10.4. The van der Waals surface area contributed by atoms with E-state index >= 15 is 0 Å². The molecule has 0 radical (unpaired) electrons.